The molecule has 0 saturated carbocycles. The summed E-state index contributed by atoms with van der Waals surface area (Å²) in [5.41, 5.74) is 1.27. The van der Waals surface area contributed by atoms with E-state index in [1.54, 1.807) is 0 Å². The van der Waals surface area contributed by atoms with Crippen molar-refractivity contribution < 1.29 is 0 Å². The molecule has 0 bridgehead atoms. The Morgan fingerprint density at radius 3 is 2.23 bits per heavy atom. The van der Waals surface area contributed by atoms with Crippen LogP contribution in [0.2, 0.25) is 0 Å². The number of thiol groups is 1. The highest BCUT2D eigenvalue weighted by molar-refractivity contribution is 7.80. The third-order valence-electron chi connectivity index (χ3n) is 2.07. The minimum atomic E-state index is 0. The van der Waals surface area contributed by atoms with Crippen LogP contribution in [-0.2, 0) is 0 Å². The molecule has 2 atom stereocenters. The second-order valence-corrected chi connectivity index (χ2v) is 3.49. The summed E-state index contributed by atoms with van der Waals surface area (Å²) in [4.78, 5) is 0. The van der Waals surface area contributed by atoms with Crippen LogP contribution < -0.4 is 5.32 Å². The lowest BCUT2D eigenvalue weighted by atomic mass is 10.1. The summed E-state index contributed by atoms with van der Waals surface area (Å²) >= 11 is 4.53. The van der Waals surface area contributed by atoms with Crippen LogP contribution in [-0.4, -0.2) is 13.1 Å². The van der Waals surface area contributed by atoms with Crippen molar-refractivity contribution in [3.63, 3.8) is 0 Å². The standard InChI is InChI=1S/C10H15NS.ClH/c1-8(11-2)10(12)9-6-4-3-5-7-9;/h3-8,10-12H,1-2H3;1H/t8-,10+;/m1./s1. The highest BCUT2D eigenvalue weighted by Gasteiger charge is 2.11. The SMILES string of the molecule is CN[C@H](C)[C@H](S)c1ccccc1.Cl. The van der Waals surface area contributed by atoms with E-state index in [0.717, 1.165) is 0 Å². The molecule has 0 aliphatic rings. The molecule has 1 N–H and O–H groups in total. The zero-order chi connectivity index (χ0) is 8.97. The van der Waals surface area contributed by atoms with Crippen LogP contribution in [0.5, 0.6) is 0 Å². The van der Waals surface area contributed by atoms with E-state index in [2.05, 4.69) is 37.0 Å². The Labute approximate surface area is 91.7 Å². The lowest BCUT2D eigenvalue weighted by Gasteiger charge is -2.18. The first-order valence-corrected chi connectivity index (χ1v) is 4.67. The molecule has 74 valence electrons. The van der Waals surface area contributed by atoms with Gasteiger partial charge in [0.15, 0.2) is 0 Å². The second kappa shape index (κ2) is 6.30. The Kier molecular flexibility index (Phi) is 6.21. The third-order valence-corrected chi connectivity index (χ3v) is 2.82. The molecular formula is C10H16ClNS. The van der Waals surface area contributed by atoms with Crippen molar-refractivity contribution in [3.05, 3.63) is 35.9 Å². The van der Waals surface area contributed by atoms with Crippen molar-refractivity contribution in [2.24, 2.45) is 0 Å². The van der Waals surface area contributed by atoms with Crippen LogP contribution in [0.15, 0.2) is 30.3 Å². The summed E-state index contributed by atoms with van der Waals surface area (Å²) in [6.45, 7) is 2.13. The molecule has 1 aromatic rings. The van der Waals surface area contributed by atoms with Gasteiger partial charge in [-0.25, -0.2) is 0 Å². The molecule has 0 aliphatic carbocycles. The zero-order valence-corrected chi connectivity index (χ0v) is 9.61. The van der Waals surface area contributed by atoms with Gasteiger partial charge in [0.05, 0.1) is 0 Å². The van der Waals surface area contributed by atoms with E-state index >= 15 is 0 Å². The van der Waals surface area contributed by atoms with E-state index in [4.69, 9.17) is 0 Å². The molecule has 0 aromatic heterocycles. The fourth-order valence-corrected chi connectivity index (χ4v) is 1.42. The fraction of sp³-hybridized carbons (Fsp3) is 0.400. The first-order chi connectivity index (χ1) is 5.75. The zero-order valence-electron chi connectivity index (χ0n) is 7.90. The quantitative estimate of drug-likeness (QED) is 0.742. The number of nitrogens with one attached hydrogen (secondary N) is 1. The predicted octanol–water partition coefficient (Wildman–Crippen LogP) is 2.69. The van der Waals surface area contributed by atoms with Crippen molar-refractivity contribution in [1.29, 1.82) is 0 Å². The number of rotatable bonds is 3. The van der Waals surface area contributed by atoms with Crippen molar-refractivity contribution in [1.82, 2.24) is 5.32 Å². The average Bonchev–Trinajstić information content (AvgIpc) is 2.17. The van der Waals surface area contributed by atoms with E-state index in [0.29, 0.717) is 6.04 Å². The lowest BCUT2D eigenvalue weighted by Crippen LogP contribution is -2.25. The minimum absolute atomic E-state index is 0. The van der Waals surface area contributed by atoms with Gasteiger partial charge in [-0.1, -0.05) is 30.3 Å². The first-order valence-electron chi connectivity index (χ1n) is 4.16. The van der Waals surface area contributed by atoms with Gasteiger partial charge in [0.25, 0.3) is 0 Å². The highest BCUT2D eigenvalue weighted by Crippen LogP contribution is 2.22. The molecule has 1 rings (SSSR count). The molecule has 0 saturated heterocycles. The smallest absolute Gasteiger partial charge is 0.0417 e. The van der Waals surface area contributed by atoms with Gasteiger partial charge >= 0.3 is 0 Å². The third kappa shape index (κ3) is 3.59. The van der Waals surface area contributed by atoms with Crippen LogP contribution in [0.3, 0.4) is 0 Å². The molecule has 0 aliphatic heterocycles. The summed E-state index contributed by atoms with van der Waals surface area (Å²) in [7, 11) is 1.96. The van der Waals surface area contributed by atoms with Crippen LogP contribution in [0.1, 0.15) is 17.7 Å². The Morgan fingerprint density at radius 1 is 1.23 bits per heavy atom. The maximum Gasteiger partial charge on any atom is 0.0417 e. The molecule has 0 amide bonds. The van der Waals surface area contributed by atoms with E-state index in [-0.39, 0.29) is 17.7 Å². The van der Waals surface area contributed by atoms with E-state index < -0.39 is 0 Å². The van der Waals surface area contributed by atoms with Crippen LogP contribution in [0, 0.1) is 0 Å². The summed E-state index contributed by atoms with van der Waals surface area (Å²) in [5, 5.41) is 3.46. The van der Waals surface area contributed by atoms with Gasteiger partial charge in [-0.15, -0.1) is 12.4 Å². The molecule has 13 heavy (non-hydrogen) atoms. The number of likely N-dealkylation sites (N-methyl/N-ethyl adjacent to an activating group) is 1. The van der Waals surface area contributed by atoms with Crippen molar-refractivity contribution in [3.8, 4) is 0 Å². The Hall–Kier alpha value is -0.180. The van der Waals surface area contributed by atoms with Gasteiger partial charge in [0.2, 0.25) is 0 Å². The molecule has 3 heteroatoms. The molecule has 1 aromatic carbocycles. The van der Waals surface area contributed by atoms with Crippen LogP contribution in [0.4, 0.5) is 0 Å². The maximum absolute atomic E-state index is 4.53. The normalized spacial score (nSPS) is 14.4. The van der Waals surface area contributed by atoms with Gasteiger partial charge < -0.3 is 5.32 Å². The molecular weight excluding hydrogens is 202 g/mol. The van der Waals surface area contributed by atoms with E-state index in [1.807, 2.05) is 25.2 Å². The summed E-state index contributed by atoms with van der Waals surface area (Å²) in [6.07, 6.45) is 0. The molecule has 0 radical (unpaired) electrons. The Balaban J connectivity index is 0.00000144. The predicted molar refractivity (Wildman–Crippen MR) is 63.9 cm³/mol. The number of hydrogen-bond acceptors (Lipinski definition) is 2. The topological polar surface area (TPSA) is 12.0 Å². The van der Waals surface area contributed by atoms with Crippen LogP contribution in [0.25, 0.3) is 0 Å². The minimum Gasteiger partial charge on any atom is -0.316 e. The van der Waals surface area contributed by atoms with Gasteiger partial charge in [0.1, 0.15) is 0 Å². The Morgan fingerprint density at radius 2 is 1.77 bits per heavy atom. The lowest BCUT2D eigenvalue weighted by molar-refractivity contribution is 0.600. The fourth-order valence-electron chi connectivity index (χ4n) is 1.10. The summed E-state index contributed by atoms with van der Waals surface area (Å²) in [5.74, 6) is 0. The van der Waals surface area contributed by atoms with Gasteiger partial charge in [-0.3, -0.25) is 0 Å². The molecule has 0 heterocycles. The summed E-state index contributed by atoms with van der Waals surface area (Å²) < 4.78 is 0. The van der Waals surface area contributed by atoms with Crippen molar-refractivity contribution >= 4 is 25.0 Å². The highest BCUT2D eigenvalue weighted by atomic mass is 35.5. The first kappa shape index (κ1) is 12.8. The van der Waals surface area contributed by atoms with Crippen LogP contribution >= 0.6 is 25.0 Å². The molecule has 0 unspecified atom stereocenters. The number of benzene rings is 1. The van der Waals surface area contributed by atoms with Gasteiger partial charge in [0, 0.05) is 11.3 Å². The molecule has 0 fully saturated rings. The number of hydrogen-bond donors (Lipinski definition) is 2. The van der Waals surface area contributed by atoms with Crippen molar-refractivity contribution in [2.45, 2.75) is 18.2 Å². The van der Waals surface area contributed by atoms with Gasteiger partial charge in [-0.05, 0) is 19.5 Å². The monoisotopic (exact) mass is 217 g/mol. The molecule has 1 nitrogen and oxygen atoms in total. The molecule has 0 spiro atoms. The average molecular weight is 218 g/mol. The van der Waals surface area contributed by atoms with E-state index in [1.165, 1.54) is 5.56 Å². The second-order valence-electron chi connectivity index (χ2n) is 2.93. The summed E-state index contributed by atoms with van der Waals surface area (Å²) in [6, 6.07) is 10.7. The number of halogens is 1. The van der Waals surface area contributed by atoms with Gasteiger partial charge in [-0.2, -0.15) is 12.6 Å². The van der Waals surface area contributed by atoms with Crippen molar-refractivity contribution in [2.75, 3.05) is 7.05 Å². The Bertz CT molecular complexity index is 228. The largest absolute Gasteiger partial charge is 0.316 e. The van der Waals surface area contributed by atoms with E-state index in [9.17, 15) is 0 Å². The maximum atomic E-state index is 4.53.